The summed E-state index contributed by atoms with van der Waals surface area (Å²) in [5, 5.41) is 0. The first-order valence-electron chi connectivity index (χ1n) is 12.8. The number of amides is 2. The standard InChI is InChI=1S/C32H35NO3/c1-18-8-12-23(13-9-18)25-16-26(34)33(27(35)17-25)30-20(3)21(4)31-28(22(30)5)29(32(6,7)36-31)24-14-10-19(2)11-15-24/h8-15,25,29H,16-17H2,1-7H3. The van der Waals surface area contributed by atoms with E-state index in [1.54, 1.807) is 0 Å². The van der Waals surface area contributed by atoms with Gasteiger partial charge < -0.3 is 4.74 Å². The van der Waals surface area contributed by atoms with Gasteiger partial charge in [0, 0.05) is 24.3 Å². The van der Waals surface area contributed by atoms with Crippen molar-refractivity contribution in [2.24, 2.45) is 0 Å². The van der Waals surface area contributed by atoms with Crippen molar-refractivity contribution >= 4 is 17.5 Å². The molecule has 3 aromatic carbocycles. The molecular weight excluding hydrogens is 446 g/mol. The molecule has 1 atom stereocenters. The van der Waals surface area contributed by atoms with E-state index in [1.807, 2.05) is 52.0 Å². The fourth-order valence-electron chi connectivity index (χ4n) is 6.08. The van der Waals surface area contributed by atoms with Gasteiger partial charge in [-0.2, -0.15) is 0 Å². The van der Waals surface area contributed by atoms with Crippen molar-refractivity contribution in [3.63, 3.8) is 0 Å². The summed E-state index contributed by atoms with van der Waals surface area (Å²) in [7, 11) is 0. The summed E-state index contributed by atoms with van der Waals surface area (Å²) in [4.78, 5) is 28.6. The smallest absolute Gasteiger partial charge is 0.234 e. The molecule has 0 bridgehead atoms. The van der Waals surface area contributed by atoms with E-state index >= 15 is 0 Å². The van der Waals surface area contributed by atoms with E-state index in [4.69, 9.17) is 4.74 Å². The molecule has 0 aromatic heterocycles. The van der Waals surface area contributed by atoms with Gasteiger partial charge in [0.1, 0.15) is 11.4 Å². The second kappa shape index (κ2) is 8.62. The van der Waals surface area contributed by atoms with Crippen molar-refractivity contribution in [3.05, 3.63) is 93.0 Å². The first kappa shape index (κ1) is 24.3. The average Bonchev–Trinajstić information content (AvgIpc) is 3.11. The number of imide groups is 1. The zero-order valence-electron chi connectivity index (χ0n) is 22.4. The van der Waals surface area contributed by atoms with Crippen LogP contribution in [-0.2, 0) is 9.59 Å². The SMILES string of the molecule is Cc1ccc(C2CC(=O)N(c3c(C)c(C)c4c(c3C)C(c3ccc(C)cc3)C(C)(C)O4)C(=O)C2)cc1. The zero-order chi connectivity index (χ0) is 25.9. The van der Waals surface area contributed by atoms with Crippen molar-refractivity contribution in [2.75, 3.05) is 4.90 Å². The Labute approximate surface area is 214 Å². The molecule has 0 saturated carbocycles. The summed E-state index contributed by atoms with van der Waals surface area (Å²) in [6, 6.07) is 16.8. The molecular formula is C32H35NO3. The average molecular weight is 482 g/mol. The molecule has 0 spiro atoms. The molecule has 4 nitrogen and oxygen atoms in total. The summed E-state index contributed by atoms with van der Waals surface area (Å²) in [5.74, 6) is 0.542. The van der Waals surface area contributed by atoms with Crippen LogP contribution in [0.3, 0.4) is 0 Å². The maximum atomic E-state index is 13.6. The van der Waals surface area contributed by atoms with Crippen LogP contribution in [0.25, 0.3) is 0 Å². The lowest BCUT2D eigenvalue weighted by Gasteiger charge is -2.33. The second-order valence-corrected chi connectivity index (χ2v) is 11.2. The molecule has 0 aliphatic carbocycles. The van der Waals surface area contributed by atoms with Crippen LogP contribution < -0.4 is 9.64 Å². The monoisotopic (exact) mass is 481 g/mol. The molecule has 3 aromatic rings. The first-order chi connectivity index (χ1) is 17.0. The Hall–Kier alpha value is -3.40. The van der Waals surface area contributed by atoms with Crippen LogP contribution >= 0.6 is 0 Å². The van der Waals surface area contributed by atoms with Crippen LogP contribution in [0.5, 0.6) is 5.75 Å². The van der Waals surface area contributed by atoms with Crippen LogP contribution in [-0.4, -0.2) is 17.4 Å². The lowest BCUT2D eigenvalue weighted by molar-refractivity contribution is -0.129. The van der Waals surface area contributed by atoms with Crippen molar-refractivity contribution in [3.8, 4) is 5.75 Å². The summed E-state index contributed by atoms with van der Waals surface area (Å²) in [6.45, 7) is 14.4. The van der Waals surface area contributed by atoms with Gasteiger partial charge in [-0.1, -0.05) is 59.7 Å². The fourth-order valence-corrected chi connectivity index (χ4v) is 6.08. The number of benzene rings is 3. The Bertz CT molecular complexity index is 1350. The highest BCUT2D eigenvalue weighted by Gasteiger charge is 2.46. The Morgan fingerprint density at radius 2 is 1.22 bits per heavy atom. The van der Waals surface area contributed by atoms with E-state index < -0.39 is 5.60 Å². The van der Waals surface area contributed by atoms with Crippen LogP contribution in [0.4, 0.5) is 5.69 Å². The van der Waals surface area contributed by atoms with Gasteiger partial charge in [0.2, 0.25) is 11.8 Å². The number of anilines is 1. The number of hydrogen-bond acceptors (Lipinski definition) is 3. The third kappa shape index (κ3) is 3.84. The third-order valence-corrected chi connectivity index (χ3v) is 8.14. The predicted octanol–water partition coefficient (Wildman–Crippen LogP) is 6.97. The molecule has 4 heteroatoms. The Kier molecular flexibility index (Phi) is 5.82. The molecule has 36 heavy (non-hydrogen) atoms. The highest BCUT2D eigenvalue weighted by Crippen LogP contribution is 2.54. The van der Waals surface area contributed by atoms with Gasteiger partial charge in [-0.25, -0.2) is 4.90 Å². The molecule has 1 unspecified atom stereocenters. The number of rotatable bonds is 3. The van der Waals surface area contributed by atoms with Crippen molar-refractivity contribution in [1.82, 2.24) is 0 Å². The minimum atomic E-state index is -0.454. The van der Waals surface area contributed by atoms with E-state index in [2.05, 4.69) is 45.0 Å². The van der Waals surface area contributed by atoms with Crippen LogP contribution in [0.2, 0.25) is 0 Å². The molecule has 2 aliphatic heterocycles. The Morgan fingerprint density at radius 3 is 1.75 bits per heavy atom. The normalized spacial score (nSPS) is 19.4. The molecule has 2 aliphatic rings. The van der Waals surface area contributed by atoms with Gasteiger partial charge in [-0.15, -0.1) is 0 Å². The number of aryl methyl sites for hydroxylation is 2. The molecule has 2 heterocycles. The molecule has 0 N–H and O–H groups in total. The van der Waals surface area contributed by atoms with Gasteiger partial charge in [0.05, 0.1) is 11.6 Å². The fraction of sp³-hybridized carbons (Fsp3) is 0.375. The highest BCUT2D eigenvalue weighted by atomic mass is 16.5. The summed E-state index contributed by atoms with van der Waals surface area (Å²) in [5.41, 5.74) is 8.86. The van der Waals surface area contributed by atoms with Crippen molar-refractivity contribution in [1.29, 1.82) is 0 Å². The molecule has 186 valence electrons. The lowest BCUT2D eigenvalue weighted by Crippen LogP contribution is -2.43. The summed E-state index contributed by atoms with van der Waals surface area (Å²) < 4.78 is 6.58. The minimum Gasteiger partial charge on any atom is -0.486 e. The highest BCUT2D eigenvalue weighted by molar-refractivity contribution is 6.18. The van der Waals surface area contributed by atoms with Crippen LogP contribution in [0, 0.1) is 34.6 Å². The Morgan fingerprint density at radius 1 is 0.722 bits per heavy atom. The van der Waals surface area contributed by atoms with Gasteiger partial charge in [0.15, 0.2) is 0 Å². The number of fused-ring (bicyclic) bond motifs is 1. The Balaban J connectivity index is 1.59. The maximum absolute atomic E-state index is 13.6. The van der Waals surface area contributed by atoms with Gasteiger partial charge in [0.25, 0.3) is 0 Å². The van der Waals surface area contributed by atoms with Gasteiger partial charge in [-0.3, -0.25) is 9.59 Å². The van der Waals surface area contributed by atoms with Crippen LogP contribution in [0.15, 0.2) is 48.5 Å². The van der Waals surface area contributed by atoms with E-state index in [9.17, 15) is 9.59 Å². The van der Waals surface area contributed by atoms with E-state index in [-0.39, 0.29) is 23.7 Å². The number of nitrogens with zero attached hydrogens (tertiary/aromatic N) is 1. The molecule has 5 rings (SSSR count). The zero-order valence-corrected chi connectivity index (χ0v) is 22.4. The molecule has 1 fully saturated rings. The largest absolute Gasteiger partial charge is 0.486 e. The van der Waals surface area contributed by atoms with Crippen molar-refractivity contribution < 1.29 is 14.3 Å². The quantitative estimate of drug-likeness (QED) is 0.380. The second-order valence-electron chi connectivity index (χ2n) is 11.2. The van der Waals surface area contributed by atoms with E-state index in [0.717, 1.165) is 39.3 Å². The number of hydrogen-bond donors (Lipinski definition) is 0. The lowest BCUT2D eigenvalue weighted by atomic mass is 9.78. The number of ether oxygens (including phenoxy) is 1. The number of carbonyl (C=O) groups is 2. The number of carbonyl (C=O) groups excluding carboxylic acids is 2. The maximum Gasteiger partial charge on any atom is 0.234 e. The van der Waals surface area contributed by atoms with E-state index in [0.29, 0.717) is 12.8 Å². The van der Waals surface area contributed by atoms with Crippen molar-refractivity contribution in [2.45, 2.75) is 78.7 Å². The third-order valence-electron chi connectivity index (χ3n) is 8.14. The number of piperidine rings is 1. The first-order valence-corrected chi connectivity index (χ1v) is 12.8. The minimum absolute atomic E-state index is 0.00134. The molecule has 1 saturated heterocycles. The predicted molar refractivity (Wildman–Crippen MR) is 144 cm³/mol. The van der Waals surface area contributed by atoms with Crippen LogP contribution in [0.1, 0.15) is 83.0 Å². The molecule has 0 radical (unpaired) electrons. The molecule has 2 amide bonds. The van der Waals surface area contributed by atoms with Gasteiger partial charge >= 0.3 is 0 Å². The summed E-state index contributed by atoms with van der Waals surface area (Å²) in [6.07, 6.45) is 0.653. The summed E-state index contributed by atoms with van der Waals surface area (Å²) >= 11 is 0. The van der Waals surface area contributed by atoms with E-state index in [1.165, 1.54) is 21.6 Å². The topological polar surface area (TPSA) is 46.6 Å². The van der Waals surface area contributed by atoms with Gasteiger partial charge in [-0.05, 0) is 76.3 Å².